The van der Waals surface area contributed by atoms with Crippen LogP contribution in [0, 0.1) is 0 Å². The quantitative estimate of drug-likeness (QED) is 0.272. The Morgan fingerprint density at radius 2 is 1.90 bits per heavy atom. The Morgan fingerprint density at radius 1 is 1.10 bits per heavy atom. The molecule has 2 N–H and O–H groups in total. The van der Waals surface area contributed by atoms with Gasteiger partial charge in [-0.2, -0.15) is 8.78 Å². The Bertz CT molecular complexity index is 1350. The molecule has 0 fully saturated rings. The Morgan fingerprint density at radius 3 is 2.65 bits per heavy atom. The molecule has 0 radical (unpaired) electrons. The van der Waals surface area contributed by atoms with Crippen LogP contribution in [0.1, 0.15) is 15.9 Å². The number of para-hydroxylation sites is 1. The number of rotatable bonds is 5. The molecule has 4 rings (SSSR count). The van der Waals surface area contributed by atoms with Gasteiger partial charge in [0.2, 0.25) is 0 Å². The predicted octanol–water partition coefficient (Wildman–Crippen LogP) is 5.29. The molecule has 2 aromatic heterocycles. The SMILES string of the molecule is C=IC(F)(F)c1ccccc1-c1cc(=O)c2cccc(C(=O)Nc3cccnc3)c2[nH]1. The molecule has 0 saturated heterocycles. The zero-order valence-electron chi connectivity index (χ0n) is 16.0. The van der Waals surface area contributed by atoms with Gasteiger partial charge in [0.05, 0.1) is 28.7 Å². The summed E-state index contributed by atoms with van der Waals surface area (Å²) in [6.45, 7) is 0. The summed E-state index contributed by atoms with van der Waals surface area (Å²) in [5.41, 5.74) is 0.840. The number of nitrogens with one attached hydrogen (secondary N) is 2. The minimum Gasteiger partial charge on any atom is -0.354 e. The monoisotopic (exact) mass is 531 g/mol. The molecule has 5 nitrogen and oxygen atoms in total. The Labute approximate surface area is 185 Å². The molecule has 1 amide bonds. The molecule has 8 heteroatoms. The van der Waals surface area contributed by atoms with Gasteiger partial charge in [0.1, 0.15) is 0 Å². The molecule has 31 heavy (non-hydrogen) atoms. The average molecular weight is 531 g/mol. The molecule has 0 atom stereocenters. The van der Waals surface area contributed by atoms with Gasteiger partial charge in [0, 0.05) is 28.8 Å². The van der Waals surface area contributed by atoms with Gasteiger partial charge in [-0.15, -0.1) is 0 Å². The highest BCUT2D eigenvalue weighted by Crippen LogP contribution is 2.43. The molecule has 0 unspecified atom stereocenters. The van der Waals surface area contributed by atoms with Gasteiger partial charge in [-0.1, -0.05) is 34.8 Å². The summed E-state index contributed by atoms with van der Waals surface area (Å²) in [5, 5.41) is 3.01. The highest BCUT2D eigenvalue weighted by Gasteiger charge is 2.31. The lowest BCUT2D eigenvalue weighted by molar-refractivity contribution is 0.102. The van der Waals surface area contributed by atoms with Crippen LogP contribution in [-0.2, 0) is 3.93 Å². The number of hydrogen-bond acceptors (Lipinski definition) is 3. The van der Waals surface area contributed by atoms with E-state index in [1.54, 1.807) is 42.6 Å². The summed E-state index contributed by atoms with van der Waals surface area (Å²) < 4.78 is 29.4. The summed E-state index contributed by atoms with van der Waals surface area (Å²) in [6, 6.07) is 15.4. The summed E-state index contributed by atoms with van der Waals surface area (Å²) in [7, 11) is 0. The molecule has 2 aromatic carbocycles. The minimum absolute atomic E-state index is 0.190. The lowest BCUT2D eigenvalue weighted by Gasteiger charge is -2.16. The number of alkyl halides is 3. The maximum atomic E-state index is 14.5. The highest BCUT2D eigenvalue weighted by atomic mass is 127. The topological polar surface area (TPSA) is 74.8 Å². The van der Waals surface area contributed by atoms with E-state index < -0.39 is 30.6 Å². The normalized spacial score (nSPS) is 11.4. The molecule has 4 aromatic rings. The van der Waals surface area contributed by atoms with E-state index in [9.17, 15) is 18.4 Å². The van der Waals surface area contributed by atoms with Crippen molar-refractivity contribution in [3.63, 3.8) is 0 Å². The van der Waals surface area contributed by atoms with Crippen LogP contribution in [0.25, 0.3) is 22.2 Å². The van der Waals surface area contributed by atoms with Crippen molar-refractivity contribution in [2.75, 3.05) is 5.32 Å². The summed E-state index contributed by atoms with van der Waals surface area (Å²) in [6.07, 6.45) is 3.08. The van der Waals surface area contributed by atoms with E-state index >= 15 is 0 Å². The van der Waals surface area contributed by atoms with Gasteiger partial charge in [0.25, 0.3) is 5.91 Å². The van der Waals surface area contributed by atoms with Gasteiger partial charge < -0.3 is 10.3 Å². The third kappa shape index (κ3) is 4.15. The number of nitrogens with zero attached hydrogens (tertiary/aromatic N) is 1. The van der Waals surface area contributed by atoms with E-state index in [4.69, 9.17) is 0 Å². The Kier molecular flexibility index (Phi) is 5.73. The van der Waals surface area contributed by atoms with E-state index in [0.717, 1.165) is 0 Å². The number of aromatic amines is 1. The predicted molar refractivity (Wildman–Crippen MR) is 127 cm³/mol. The van der Waals surface area contributed by atoms with Crippen molar-refractivity contribution < 1.29 is 13.6 Å². The Balaban J connectivity index is 1.88. The minimum atomic E-state index is -3.06. The lowest BCUT2D eigenvalue weighted by atomic mass is 10.0. The second-order valence-electron chi connectivity index (χ2n) is 6.65. The number of aromatic nitrogens is 2. The molecule has 0 bridgehead atoms. The van der Waals surface area contributed by atoms with E-state index in [0.29, 0.717) is 5.69 Å². The number of anilines is 1. The molecule has 0 aliphatic rings. The first-order valence-electron chi connectivity index (χ1n) is 9.15. The number of carbonyl (C=O) groups excluding carboxylic acids is 1. The molecule has 156 valence electrons. The highest BCUT2D eigenvalue weighted by molar-refractivity contribution is 14.2. The van der Waals surface area contributed by atoms with Crippen molar-refractivity contribution in [2.45, 2.75) is 3.93 Å². The zero-order valence-corrected chi connectivity index (χ0v) is 18.2. The molecule has 0 saturated carbocycles. The van der Waals surface area contributed by atoms with E-state index in [-0.39, 0.29) is 38.7 Å². The smallest absolute Gasteiger partial charge is 0.316 e. The first kappa shape index (κ1) is 21.0. The van der Waals surface area contributed by atoms with Crippen LogP contribution in [0.15, 0.2) is 77.9 Å². The van der Waals surface area contributed by atoms with Crippen LogP contribution in [0.2, 0.25) is 0 Å². The van der Waals surface area contributed by atoms with E-state index in [1.807, 2.05) is 0 Å². The number of fused-ring (bicyclic) bond motifs is 1. The number of H-pyrrole nitrogens is 1. The van der Waals surface area contributed by atoms with Crippen molar-refractivity contribution >= 4 is 47.7 Å². The van der Waals surface area contributed by atoms with Crippen molar-refractivity contribution in [3.05, 3.63) is 94.4 Å². The van der Waals surface area contributed by atoms with Gasteiger partial charge >= 0.3 is 3.93 Å². The van der Waals surface area contributed by atoms with Crippen LogP contribution in [-0.4, -0.2) is 20.4 Å². The van der Waals surface area contributed by atoms with Crippen LogP contribution in [0.3, 0.4) is 0 Å². The van der Waals surface area contributed by atoms with Crippen LogP contribution in [0.4, 0.5) is 14.5 Å². The first-order valence-corrected chi connectivity index (χ1v) is 11.8. The van der Waals surface area contributed by atoms with Gasteiger partial charge in [-0.25, -0.2) is 0 Å². The molecule has 0 aliphatic carbocycles. The van der Waals surface area contributed by atoms with Gasteiger partial charge in [-0.05, 0) is 45.0 Å². The average Bonchev–Trinajstić information content (AvgIpc) is 2.79. The summed E-state index contributed by atoms with van der Waals surface area (Å²) in [5.74, 6) is -0.450. The second kappa shape index (κ2) is 8.46. The maximum Gasteiger partial charge on any atom is 0.316 e. The first-order chi connectivity index (χ1) is 14.9. The number of pyridine rings is 2. The van der Waals surface area contributed by atoms with Crippen LogP contribution in [0.5, 0.6) is 0 Å². The third-order valence-corrected chi connectivity index (χ3v) is 6.26. The number of benzene rings is 2. The Hall–Kier alpha value is -3.27. The second-order valence-corrected chi connectivity index (χ2v) is 8.77. The molecular formula is C23H16F2IN3O2. The largest absolute Gasteiger partial charge is 0.354 e. The fraction of sp³-hybridized carbons (Fsp3) is 0.0435. The van der Waals surface area contributed by atoms with E-state index in [1.165, 1.54) is 30.5 Å². The lowest BCUT2D eigenvalue weighted by Crippen LogP contribution is -2.15. The van der Waals surface area contributed by atoms with Crippen molar-refractivity contribution in [1.29, 1.82) is 0 Å². The van der Waals surface area contributed by atoms with E-state index in [2.05, 4.69) is 19.8 Å². The standard InChI is InChI=1S/C23H16F2IN3O2/c1-26-23(24,25)18-10-3-2-7-15(18)19-12-20(30)16-8-4-9-17(21(16)29-19)22(31)28-14-6-5-11-27-13-14/h2-13H,1H2,(H,28,31)(H,29,30). The maximum absolute atomic E-state index is 14.5. The van der Waals surface area contributed by atoms with Crippen molar-refractivity contribution in [2.24, 2.45) is 0 Å². The molecule has 0 spiro atoms. The fourth-order valence-electron chi connectivity index (χ4n) is 3.28. The number of halogens is 3. The van der Waals surface area contributed by atoms with Crippen molar-refractivity contribution in [1.82, 2.24) is 9.97 Å². The van der Waals surface area contributed by atoms with Gasteiger partial charge in [0.15, 0.2) is 5.43 Å². The number of amides is 1. The molecule has 2 heterocycles. The third-order valence-electron chi connectivity index (χ3n) is 4.72. The molecule has 0 aliphatic heterocycles. The summed E-state index contributed by atoms with van der Waals surface area (Å²) in [4.78, 5) is 32.7. The van der Waals surface area contributed by atoms with Crippen molar-refractivity contribution in [3.8, 4) is 11.3 Å². The number of carbonyl (C=O) groups is 1. The fourth-order valence-corrected chi connectivity index (χ4v) is 4.16. The van der Waals surface area contributed by atoms with Crippen LogP contribution >= 0.6 is 20.7 Å². The zero-order chi connectivity index (χ0) is 22.0. The number of hydrogen-bond donors (Lipinski definition) is 2. The van der Waals surface area contributed by atoms with Crippen LogP contribution < -0.4 is 10.7 Å². The summed E-state index contributed by atoms with van der Waals surface area (Å²) >= 11 is -1.66. The molecular weight excluding hydrogens is 515 g/mol. The van der Waals surface area contributed by atoms with Gasteiger partial charge in [-0.3, -0.25) is 14.6 Å².